The summed E-state index contributed by atoms with van der Waals surface area (Å²) in [5.41, 5.74) is 2.30. The third kappa shape index (κ3) is 4.43. The summed E-state index contributed by atoms with van der Waals surface area (Å²) in [6, 6.07) is 6.45. The third-order valence-corrected chi connectivity index (χ3v) is 7.58. The van der Waals surface area contributed by atoms with Crippen LogP contribution in [0.3, 0.4) is 0 Å². The zero-order valence-corrected chi connectivity index (χ0v) is 18.6. The van der Waals surface area contributed by atoms with E-state index in [4.69, 9.17) is 4.42 Å². The van der Waals surface area contributed by atoms with Gasteiger partial charge in [0.15, 0.2) is 5.88 Å². The van der Waals surface area contributed by atoms with Crippen LogP contribution in [-0.4, -0.2) is 19.3 Å². The molecule has 2 aromatic heterocycles. The molecule has 0 saturated carbocycles. The van der Waals surface area contributed by atoms with E-state index in [0.717, 1.165) is 54.6 Å². The largest absolute Gasteiger partial charge is 0.440 e. The van der Waals surface area contributed by atoms with Crippen LogP contribution in [0.1, 0.15) is 74.6 Å². The van der Waals surface area contributed by atoms with Gasteiger partial charge in [-0.3, -0.25) is 0 Å². The van der Waals surface area contributed by atoms with Crippen LogP contribution in [0.5, 0.6) is 0 Å². The van der Waals surface area contributed by atoms with Gasteiger partial charge in [0.1, 0.15) is 16.8 Å². The van der Waals surface area contributed by atoms with E-state index in [9.17, 15) is 5.26 Å². The van der Waals surface area contributed by atoms with Gasteiger partial charge >= 0.3 is 0 Å². The van der Waals surface area contributed by atoms with Gasteiger partial charge in [0.2, 0.25) is 0 Å². The lowest BCUT2D eigenvalue weighted by atomic mass is 9.72. The molecule has 1 aliphatic carbocycles. The first-order valence-electron chi connectivity index (χ1n) is 10.9. The van der Waals surface area contributed by atoms with Gasteiger partial charge in [-0.25, -0.2) is 4.99 Å². The molecule has 4 rings (SSSR count). The Labute approximate surface area is 178 Å². The van der Waals surface area contributed by atoms with Gasteiger partial charge in [-0.15, -0.1) is 11.3 Å². The molecule has 154 valence electrons. The highest BCUT2D eigenvalue weighted by molar-refractivity contribution is 7.16. The summed E-state index contributed by atoms with van der Waals surface area (Å²) in [6.45, 7) is 9.09. The molecule has 1 atom stereocenters. The molecule has 0 unspecified atom stereocenters. The van der Waals surface area contributed by atoms with Crippen LogP contribution in [-0.2, 0) is 12.8 Å². The normalized spacial score (nSPS) is 20.5. The molecule has 0 amide bonds. The molecule has 29 heavy (non-hydrogen) atoms. The quantitative estimate of drug-likeness (QED) is 0.544. The molecule has 0 aromatic carbocycles. The summed E-state index contributed by atoms with van der Waals surface area (Å²) in [4.78, 5) is 8.36. The first kappa shape index (κ1) is 20.2. The minimum Gasteiger partial charge on any atom is -0.440 e. The molecule has 1 saturated heterocycles. The molecule has 3 heterocycles. The van der Waals surface area contributed by atoms with Crippen LogP contribution >= 0.6 is 11.3 Å². The van der Waals surface area contributed by atoms with Crippen molar-refractivity contribution < 1.29 is 4.42 Å². The monoisotopic (exact) mass is 409 g/mol. The van der Waals surface area contributed by atoms with Crippen LogP contribution in [0.25, 0.3) is 0 Å². The van der Waals surface area contributed by atoms with Crippen molar-refractivity contribution in [2.75, 3.05) is 18.0 Å². The van der Waals surface area contributed by atoms with Gasteiger partial charge in [-0.2, -0.15) is 5.26 Å². The maximum atomic E-state index is 9.74. The Kier molecular flexibility index (Phi) is 5.83. The van der Waals surface area contributed by atoms with Gasteiger partial charge in [0.05, 0.1) is 11.8 Å². The van der Waals surface area contributed by atoms with E-state index in [2.05, 4.69) is 36.7 Å². The molecule has 0 spiro atoms. The third-order valence-electron chi connectivity index (χ3n) is 6.42. The van der Waals surface area contributed by atoms with Crippen molar-refractivity contribution in [3.8, 4) is 6.07 Å². The Bertz CT molecular complexity index is 917. The van der Waals surface area contributed by atoms with Crippen LogP contribution < -0.4 is 4.90 Å². The predicted molar refractivity (Wildman–Crippen MR) is 121 cm³/mol. The Morgan fingerprint density at radius 3 is 2.66 bits per heavy atom. The average Bonchev–Trinajstić information content (AvgIpc) is 3.20. The Hall–Kier alpha value is -2.06. The lowest BCUT2D eigenvalue weighted by Gasteiger charge is -2.33. The lowest BCUT2D eigenvalue weighted by molar-refractivity contribution is 0.218. The van der Waals surface area contributed by atoms with E-state index >= 15 is 0 Å². The van der Waals surface area contributed by atoms with Crippen molar-refractivity contribution in [1.29, 1.82) is 5.26 Å². The summed E-state index contributed by atoms with van der Waals surface area (Å²) in [5.74, 6) is 2.36. The molecule has 2 aromatic rings. The van der Waals surface area contributed by atoms with Gasteiger partial charge in [0.25, 0.3) is 0 Å². The number of nitrogens with zero attached hydrogens (tertiary/aromatic N) is 3. The first-order chi connectivity index (χ1) is 14.0. The second-order valence-electron chi connectivity index (χ2n) is 9.44. The minimum atomic E-state index is 0.301. The number of anilines is 1. The van der Waals surface area contributed by atoms with Gasteiger partial charge in [0, 0.05) is 24.0 Å². The van der Waals surface area contributed by atoms with Crippen molar-refractivity contribution in [3.63, 3.8) is 0 Å². The minimum absolute atomic E-state index is 0.301. The van der Waals surface area contributed by atoms with E-state index < -0.39 is 0 Å². The molecule has 1 aliphatic heterocycles. The summed E-state index contributed by atoms with van der Waals surface area (Å²) < 4.78 is 6.04. The molecule has 0 N–H and O–H groups in total. The Balaban J connectivity index is 1.52. The summed E-state index contributed by atoms with van der Waals surface area (Å²) in [5, 5.41) is 10.6. The molecule has 5 heteroatoms. The zero-order chi connectivity index (χ0) is 20.4. The predicted octanol–water partition coefficient (Wildman–Crippen LogP) is 6.49. The second kappa shape index (κ2) is 8.36. The number of nitriles is 1. The highest BCUT2D eigenvalue weighted by Crippen LogP contribution is 2.44. The summed E-state index contributed by atoms with van der Waals surface area (Å²) in [7, 11) is 0. The van der Waals surface area contributed by atoms with E-state index in [1.54, 1.807) is 17.6 Å². The molecular formula is C24H31N3OS. The standard InChI is InChI=1S/C24H31N3OS/c1-24(2,3)17-8-10-19-20(15-25)23(29-21(19)14-17)26-16-18-9-11-22(28-18)27-12-6-4-5-7-13-27/h9,11,16-17H,4-8,10,12-14H2,1-3H3/t17-/m1/s1. The SMILES string of the molecule is CC(C)(C)[C@@H]1CCc2c(sc(N=Cc3ccc(N4CCCCCC4)o3)c2C#N)C1. The summed E-state index contributed by atoms with van der Waals surface area (Å²) >= 11 is 1.69. The van der Waals surface area contributed by atoms with Crippen LogP contribution in [0, 0.1) is 22.7 Å². The molecule has 1 fully saturated rings. The summed E-state index contributed by atoms with van der Waals surface area (Å²) in [6.07, 6.45) is 10.1. The van der Waals surface area contributed by atoms with Gasteiger partial charge in [-0.05, 0) is 55.1 Å². The molecule has 0 bridgehead atoms. The van der Waals surface area contributed by atoms with Crippen LogP contribution in [0.4, 0.5) is 10.9 Å². The number of rotatable bonds is 3. The van der Waals surface area contributed by atoms with E-state index in [1.807, 2.05) is 12.1 Å². The van der Waals surface area contributed by atoms with Gasteiger partial charge in [-0.1, -0.05) is 33.6 Å². The number of fused-ring (bicyclic) bond motifs is 1. The average molecular weight is 410 g/mol. The first-order valence-corrected chi connectivity index (χ1v) is 11.7. The van der Waals surface area contributed by atoms with Crippen molar-refractivity contribution in [1.82, 2.24) is 0 Å². The van der Waals surface area contributed by atoms with Crippen molar-refractivity contribution in [3.05, 3.63) is 33.9 Å². The Morgan fingerprint density at radius 2 is 1.97 bits per heavy atom. The molecule has 0 radical (unpaired) electrons. The topological polar surface area (TPSA) is 52.5 Å². The second-order valence-corrected chi connectivity index (χ2v) is 10.5. The number of aliphatic imine (C=N–C) groups is 1. The smallest absolute Gasteiger partial charge is 0.196 e. The van der Waals surface area contributed by atoms with E-state index in [1.165, 1.54) is 36.1 Å². The highest BCUT2D eigenvalue weighted by atomic mass is 32.1. The van der Waals surface area contributed by atoms with E-state index in [0.29, 0.717) is 11.3 Å². The molecular weight excluding hydrogens is 378 g/mol. The zero-order valence-electron chi connectivity index (χ0n) is 17.8. The van der Waals surface area contributed by atoms with Crippen LogP contribution in [0.2, 0.25) is 0 Å². The number of thiophene rings is 1. The van der Waals surface area contributed by atoms with Gasteiger partial charge < -0.3 is 9.32 Å². The fraction of sp³-hybridized carbons (Fsp3) is 0.583. The number of hydrogen-bond donors (Lipinski definition) is 0. The lowest BCUT2D eigenvalue weighted by Crippen LogP contribution is -2.26. The molecule has 4 nitrogen and oxygen atoms in total. The fourth-order valence-electron chi connectivity index (χ4n) is 4.51. The molecule has 2 aliphatic rings. The van der Waals surface area contributed by atoms with E-state index in [-0.39, 0.29) is 0 Å². The van der Waals surface area contributed by atoms with Crippen molar-refractivity contribution in [2.45, 2.75) is 65.7 Å². The number of furan rings is 1. The maximum Gasteiger partial charge on any atom is 0.196 e. The number of hydrogen-bond acceptors (Lipinski definition) is 5. The van der Waals surface area contributed by atoms with Crippen LogP contribution in [0.15, 0.2) is 21.5 Å². The highest BCUT2D eigenvalue weighted by Gasteiger charge is 2.32. The van der Waals surface area contributed by atoms with Crippen molar-refractivity contribution in [2.24, 2.45) is 16.3 Å². The Morgan fingerprint density at radius 1 is 1.21 bits per heavy atom. The van der Waals surface area contributed by atoms with Crippen molar-refractivity contribution >= 4 is 28.4 Å². The maximum absolute atomic E-state index is 9.74. The fourth-order valence-corrected chi connectivity index (χ4v) is 5.73.